The second kappa shape index (κ2) is 6.48. The molecule has 1 N–H and O–H groups in total. The second-order valence-corrected chi connectivity index (χ2v) is 6.14. The first-order valence-corrected chi connectivity index (χ1v) is 8.32. The number of hydrogen-bond acceptors (Lipinski definition) is 6. The number of fused-ring (bicyclic) bond motifs is 3. The molecule has 0 aliphatic rings. The van der Waals surface area contributed by atoms with E-state index in [9.17, 15) is 4.79 Å². The molecule has 9 heteroatoms. The van der Waals surface area contributed by atoms with Crippen molar-refractivity contribution >= 4 is 28.2 Å². The first-order chi connectivity index (χ1) is 13.0. The Kier molecular flexibility index (Phi) is 4.12. The van der Waals surface area contributed by atoms with Crippen LogP contribution in [0, 0.1) is 0 Å². The van der Waals surface area contributed by atoms with Crippen molar-refractivity contribution in [2.75, 3.05) is 21.3 Å². The molecule has 0 bridgehead atoms. The van der Waals surface area contributed by atoms with Crippen LogP contribution < -0.4 is 19.9 Å². The molecule has 0 saturated heterocycles. The Morgan fingerprint density at radius 2 is 1.74 bits per heavy atom. The minimum Gasteiger partial charge on any atom is -0.493 e. The van der Waals surface area contributed by atoms with Gasteiger partial charge in [-0.3, -0.25) is 0 Å². The monoisotopic (exact) mass is 386 g/mol. The average Bonchev–Trinajstić information content (AvgIpc) is 3.14. The molecule has 0 fully saturated rings. The van der Waals surface area contributed by atoms with Gasteiger partial charge in [-0.05, 0) is 30.3 Å². The number of hydrogen-bond donors (Lipinski definition) is 1. The van der Waals surface area contributed by atoms with Gasteiger partial charge in [0.15, 0.2) is 23.0 Å². The summed E-state index contributed by atoms with van der Waals surface area (Å²) in [6.07, 6.45) is 0. The molecule has 2 aromatic carbocycles. The van der Waals surface area contributed by atoms with Gasteiger partial charge < -0.3 is 19.2 Å². The summed E-state index contributed by atoms with van der Waals surface area (Å²) in [5, 5.41) is 5.56. The standard InChI is InChI=1S/C18H15ClN4O4/c1-25-13-6-9(7-14(26-2)15(13)27-3)16-21-17-11-8-10(19)4-5-12(11)20-18(24)23(17)22-16/h4-8H,1-3H3,(H,20,24). The number of benzene rings is 2. The van der Waals surface area contributed by atoms with E-state index in [0.29, 0.717) is 50.2 Å². The van der Waals surface area contributed by atoms with Crippen molar-refractivity contribution in [3.05, 3.63) is 45.8 Å². The molecular formula is C18H15ClN4O4. The van der Waals surface area contributed by atoms with E-state index in [2.05, 4.69) is 15.1 Å². The van der Waals surface area contributed by atoms with E-state index in [1.165, 1.54) is 25.8 Å². The summed E-state index contributed by atoms with van der Waals surface area (Å²) in [5.74, 6) is 1.73. The van der Waals surface area contributed by atoms with E-state index in [-0.39, 0.29) is 0 Å². The van der Waals surface area contributed by atoms with Crippen molar-refractivity contribution in [2.45, 2.75) is 0 Å². The molecule has 4 rings (SSSR count). The van der Waals surface area contributed by atoms with Crippen LogP contribution in [0.25, 0.3) is 27.9 Å². The molecule has 0 aliphatic carbocycles. The highest BCUT2D eigenvalue weighted by molar-refractivity contribution is 6.31. The number of ether oxygens (including phenoxy) is 3. The maximum absolute atomic E-state index is 12.4. The van der Waals surface area contributed by atoms with Gasteiger partial charge in [0.2, 0.25) is 5.75 Å². The number of H-pyrrole nitrogens is 1. The van der Waals surface area contributed by atoms with Crippen molar-refractivity contribution in [1.82, 2.24) is 19.6 Å². The van der Waals surface area contributed by atoms with Gasteiger partial charge in [0.05, 0.1) is 26.8 Å². The summed E-state index contributed by atoms with van der Waals surface area (Å²) >= 11 is 6.10. The predicted molar refractivity (Wildman–Crippen MR) is 101 cm³/mol. The third-order valence-electron chi connectivity index (χ3n) is 4.19. The predicted octanol–water partition coefficient (Wildman–Crippen LogP) is 2.92. The van der Waals surface area contributed by atoms with Crippen LogP contribution >= 0.6 is 11.6 Å². The van der Waals surface area contributed by atoms with Gasteiger partial charge >= 0.3 is 5.69 Å². The number of aromatic amines is 1. The van der Waals surface area contributed by atoms with E-state index >= 15 is 0 Å². The SMILES string of the molecule is COc1cc(-c2nc3c4cc(Cl)ccc4[nH]c(=O)n3n2)cc(OC)c1OC. The quantitative estimate of drug-likeness (QED) is 0.580. The normalized spacial score (nSPS) is 11.1. The molecule has 2 aromatic heterocycles. The van der Waals surface area contributed by atoms with E-state index < -0.39 is 5.69 Å². The molecule has 0 atom stereocenters. The molecule has 0 radical (unpaired) electrons. The molecule has 27 heavy (non-hydrogen) atoms. The van der Waals surface area contributed by atoms with Crippen LogP contribution in [0.4, 0.5) is 0 Å². The fourth-order valence-corrected chi connectivity index (χ4v) is 3.11. The Morgan fingerprint density at radius 1 is 1.04 bits per heavy atom. The summed E-state index contributed by atoms with van der Waals surface area (Å²) in [5.41, 5.74) is 1.24. The first kappa shape index (κ1) is 17.2. The largest absolute Gasteiger partial charge is 0.493 e. The fourth-order valence-electron chi connectivity index (χ4n) is 2.94. The number of aromatic nitrogens is 4. The number of nitrogens with one attached hydrogen (secondary N) is 1. The van der Waals surface area contributed by atoms with E-state index in [1.54, 1.807) is 30.3 Å². The van der Waals surface area contributed by atoms with Gasteiger partial charge in [-0.15, -0.1) is 5.10 Å². The molecule has 2 heterocycles. The summed E-state index contributed by atoms with van der Waals surface area (Å²) < 4.78 is 17.3. The summed E-state index contributed by atoms with van der Waals surface area (Å²) in [6, 6.07) is 8.61. The lowest BCUT2D eigenvalue weighted by Crippen LogP contribution is -2.17. The minimum atomic E-state index is -0.397. The van der Waals surface area contributed by atoms with Gasteiger partial charge in [0, 0.05) is 16.0 Å². The molecule has 0 amide bonds. The average molecular weight is 387 g/mol. The fraction of sp³-hybridized carbons (Fsp3) is 0.167. The third-order valence-corrected chi connectivity index (χ3v) is 4.42. The summed E-state index contributed by atoms with van der Waals surface area (Å²) in [7, 11) is 4.58. The van der Waals surface area contributed by atoms with Gasteiger partial charge in [0.25, 0.3) is 0 Å². The van der Waals surface area contributed by atoms with Crippen molar-refractivity contribution in [3.63, 3.8) is 0 Å². The zero-order valence-corrected chi connectivity index (χ0v) is 15.5. The molecular weight excluding hydrogens is 372 g/mol. The summed E-state index contributed by atoms with van der Waals surface area (Å²) in [4.78, 5) is 19.7. The molecule has 0 aliphatic heterocycles. The van der Waals surface area contributed by atoms with E-state index in [0.717, 1.165) is 0 Å². The number of halogens is 1. The van der Waals surface area contributed by atoms with Crippen molar-refractivity contribution in [3.8, 4) is 28.6 Å². The summed E-state index contributed by atoms with van der Waals surface area (Å²) in [6.45, 7) is 0. The molecule has 0 spiro atoms. The van der Waals surface area contributed by atoms with Crippen LogP contribution in [-0.2, 0) is 0 Å². The van der Waals surface area contributed by atoms with E-state index in [4.69, 9.17) is 25.8 Å². The Hall–Kier alpha value is -3.26. The van der Waals surface area contributed by atoms with Crippen LogP contribution in [0.15, 0.2) is 35.1 Å². The molecule has 138 valence electrons. The lowest BCUT2D eigenvalue weighted by molar-refractivity contribution is 0.324. The zero-order valence-electron chi connectivity index (χ0n) is 14.7. The Morgan fingerprint density at radius 3 is 2.37 bits per heavy atom. The highest BCUT2D eigenvalue weighted by Crippen LogP contribution is 2.40. The smallest absolute Gasteiger partial charge is 0.348 e. The van der Waals surface area contributed by atoms with Gasteiger partial charge in [-0.2, -0.15) is 4.52 Å². The highest BCUT2D eigenvalue weighted by atomic mass is 35.5. The van der Waals surface area contributed by atoms with Crippen LogP contribution in [0.3, 0.4) is 0 Å². The molecule has 0 saturated carbocycles. The lowest BCUT2D eigenvalue weighted by Gasteiger charge is -2.12. The van der Waals surface area contributed by atoms with E-state index in [1.807, 2.05) is 0 Å². The Labute approximate surface area is 158 Å². The third kappa shape index (κ3) is 2.74. The number of methoxy groups -OCH3 is 3. The van der Waals surface area contributed by atoms with Crippen LogP contribution in [0.2, 0.25) is 5.02 Å². The van der Waals surface area contributed by atoms with Crippen molar-refractivity contribution in [1.29, 1.82) is 0 Å². The van der Waals surface area contributed by atoms with Gasteiger partial charge in [-0.1, -0.05) is 11.6 Å². The molecule has 4 aromatic rings. The maximum Gasteiger partial charge on any atom is 0.348 e. The first-order valence-electron chi connectivity index (χ1n) is 7.94. The number of rotatable bonds is 4. The highest BCUT2D eigenvalue weighted by Gasteiger charge is 2.18. The van der Waals surface area contributed by atoms with Crippen LogP contribution in [-0.4, -0.2) is 40.9 Å². The maximum atomic E-state index is 12.4. The Bertz CT molecular complexity index is 1210. The van der Waals surface area contributed by atoms with Crippen LogP contribution in [0.5, 0.6) is 17.2 Å². The molecule has 0 unspecified atom stereocenters. The van der Waals surface area contributed by atoms with Gasteiger partial charge in [0.1, 0.15) is 0 Å². The number of nitrogens with zero attached hydrogens (tertiary/aromatic N) is 3. The second-order valence-electron chi connectivity index (χ2n) is 5.70. The lowest BCUT2D eigenvalue weighted by atomic mass is 10.1. The van der Waals surface area contributed by atoms with Gasteiger partial charge in [-0.25, -0.2) is 9.78 Å². The van der Waals surface area contributed by atoms with Crippen molar-refractivity contribution in [2.24, 2.45) is 0 Å². The molecule has 8 nitrogen and oxygen atoms in total. The van der Waals surface area contributed by atoms with Crippen molar-refractivity contribution < 1.29 is 14.2 Å². The minimum absolute atomic E-state index is 0.340. The zero-order chi connectivity index (χ0) is 19.1. The topological polar surface area (TPSA) is 90.7 Å². The van der Waals surface area contributed by atoms with Crippen LogP contribution in [0.1, 0.15) is 0 Å². The Balaban J connectivity index is 2.00.